The Labute approximate surface area is 132 Å². The zero-order valence-electron chi connectivity index (χ0n) is 12.7. The molecule has 2 aromatic carbocycles. The van der Waals surface area contributed by atoms with Gasteiger partial charge in [-0.1, -0.05) is 36.4 Å². The van der Waals surface area contributed by atoms with Crippen LogP contribution in [0.25, 0.3) is 0 Å². The molecule has 0 N–H and O–H groups in total. The summed E-state index contributed by atoms with van der Waals surface area (Å²) >= 11 is 0. The Kier molecular flexibility index (Phi) is 3.64. The Morgan fingerprint density at radius 1 is 1.13 bits per heavy atom. The van der Waals surface area contributed by atoms with Crippen LogP contribution in [-0.4, -0.2) is 31.6 Å². The highest BCUT2D eigenvalue weighted by Crippen LogP contribution is 2.48. The first-order chi connectivity index (χ1) is 11.0. The smallest absolute Gasteiger partial charge is 0.352 e. The first-order valence-electron chi connectivity index (χ1n) is 7.09. The van der Waals surface area contributed by atoms with Gasteiger partial charge < -0.3 is 9.47 Å². The monoisotopic (exact) mass is 314 g/mol. The van der Waals surface area contributed by atoms with Gasteiger partial charge in [-0.15, -0.1) is 0 Å². The van der Waals surface area contributed by atoms with Gasteiger partial charge in [0.2, 0.25) is 5.78 Å². The van der Waals surface area contributed by atoms with Crippen molar-refractivity contribution in [1.82, 2.24) is 0 Å². The number of halogens is 1. The highest BCUT2D eigenvalue weighted by atomic mass is 19.1. The molecule has 0 fully saturated rings. The van der Waals surface area contributed by atoms with Crippen LogP contribution in [0.15, 0.2) is 48.5 Å². The van der Waals surface area contributed by atoms with Crippen molar-refractivity contribution in [2.75, 3.05) is 14.2 Å². The highest BCUT2D eigenvalue weighted by Gasteiger charge is 2.61. The predicted octanol–water partition coefficient (Wildman–Crippen LogP) is 2.90. The third-order valence-corrected chi connectivity index (χ3v) is 4.15. The lowest BCUT2D eigenvalue weighted by Gasteiger charge is -2.24. The molecule has 2 aromatic rings. The minimum Gasteiger partial charge on any atom is -0.497 e. The topological polar surface area (TPSA) is 52.6 Å². The summed E-state index contributed by atoms with van der Waals surface area (Å²) in [5, 5.41) is 0. The molecule has 0 saturated carbocycles. The minimum absolute atomic E-state index is 0.202. The van der Waals surface area contributed by atoms with Gasteiger partial charge in [-0.25, -0.2) is 9.18 Å². The van der Waals surface area contributed by atoms with Crippen molar-refractivity contribution in [2.24, 2.45) is 0 Å². The first kappa shape index (κ1) is 15.2. The molecule has 0 aromatic heterocycles. The number of hydrogen-bond acceptors (Lipinski definition) is 4. The summed E-state index contributed by atoms with van der Waals surface area (Å²) in [5.41, 5.74) is -1.62. The fourth-order valence-electron chi connectivity index (χ4n) is 3.09. The average Bonchev–Trinajstić information content (AvgIpc) is 2.83. The van der Waals surface area contributed by atoms with Crippen molar-refractivity contribution in [2.45, 2.75) is 11.6 Å². The number of rotatable bonds is 3. The average molecular weight is 314 g/mol. The number of Topliss-reactive ketones (excluding diaryl/α,β-unsaturated/α-hetero) is 1. The predicted molar refractivity (Wildman–Crippen MR) is 81.5 cm³/mol. The fraction of sp³-hybridized carbons (Fsp3) is 0.222. The van der Waals surface area contributed by atoms with E-state index in [-0.39, 0.29) is 5.56 Å². The molecule has 1 aliphatic rings. The number of carbonyl (C=O) groups excluding carboxylic acids is 2. The molecule has 0 amide bonds. The van der Waals surface area contributed by atoms with Gasteiger partial charge in [0.25, 0.3) is 5.67 Å². The van der Waals surface area contributed by atoms with Crippen LogP contribution < -0.4 is 4.74 Å². The van der Waals surface area contributed by atoms with Gasteiger partial charge in [0.15, 0.2) is 0 Å². The number of hydrogen-bond donors (Lipinski definition) is 0. The van der Waals surface area contributed by atoms with Crippen molar-refractivity contribution in [3.05, 3.63) is 65.2 Å². The molecule has 0 spiro atoms. The molecule has 118 valence electrons. The van der Waals surface area contributed by atoms with Crippen molar-refractivity contribution in [1.29, 1.82) is 0 Å². The summed E-state index contributed by atoms with van der Waals surface area (Å²) in [4.78, 5) is 24.7. The SMILES string of the molecule is COC(=O)[C@@]1(F)C(=O)c2ccccc2[C@H]1c1cccc(OC)c1. The second kappa shape index (κ2) is 5.50. The molecule has 5 heteroatoms. The standard InChI is InChI=1S/C18H15FO4/c1-22-12-7-5-6-11(10-12)15-13-8-3-4-9-14(13)16(20)18(15,19)17(21)23-2/h3-10,15H,1-2H3/t15-,18+/m1/s1. The Morgan fingerprint density at radius 3 is 2.57 bits per heavy atom. The summed E-state index contributed by atoms with van der Waals surface area (Å²) < 4.78 is 25.4. The summed E-state index contributed by atoms with van der Waals surface area (Å²) in [7, 11) is 2.57. The van der Waals surface area contributed by atoms with E-state index < -0.39 is 23.3 Å². The second-order valence-electron chi connectivity index (χ2n) is 5.33. The van der Waals surface area contributed by atoms with Gasteiger partial charge in [-0.3, -0.25) is 4.79 Å². The molecule has 0 saturated heterocycles. The van der Waals surface area contributed by atoms with E-state index >= 15 is 4.39 Å². The maximum absolute atomic E-state index is 15.6. The van der Waals surface area contributed by atoms with Crippen LogP contribution >= 0.6 is 0 Å². The fourth-order valence-corrected chi connectivity index (χ4v) is 3.09. The van der Waals surface area contributed by atoms with Crippen LogP contribution in [0.1, 0.15) is 27.4 Å². The van der Waals surface area contributed by atoms with Gasteiger partial charge in [-0.2, -0.15) is 0 Å². The van der Waals surface area contributed by atoms with Crippen LogP contribution in [0.3, 0.4) is 0 Å². The molecule has 2 atom stereocenters. The summed E-state index contributed by atoms with van der Waals surface area (Å²) in [6, 6.07) is 13.2. The Balaban J connectivity index is 2.24. The van der Waals surface area contributed by atoms with Crippen LogP contribution in [0.4, 0.5) is 4.39 Å². The van der Waals surface area contributed by atoms with E-state index in [0.29, 0.717) is 16.9 Å². The van der Waals surface area contributed by atoms with Gasteiger partial charge in [0.05, 0.1) is 20.1 Å². The molecule has 0 bridgehead atoms. The minimum atomic E-state index is -2.77. The number of alkyl halides is 1. The summed E-state index contributed by atoms with van der Waals surface area (Å²) in [6.07, 6.45) is 0. The molecule has 0 aliphatic heterocycles. The molecular weight excluding hydrogens is 299 g/mol. The third-order valence-electron chi connectivity index (χ3n) is 4.15. The zero-order valence-corrected chi connectivity index (χ0v) is 12.7. The van der Waals surface area contributed by atoms with E-state index in [2.05, 4.69) is 4.74 Å². The molecular formula is C18H15FO4. The Morgan fingerprint density at radius 2 is 1.87 bits per heavy atom. The summed E-state index contributed by atoms with van der Waals surface area (Å²) in [6.45, 7) is 0. The maximum atomic E-state index is 15.6. The van der Waals surface area contributed by atoms with Gasteiger partial charge in [0.1, 0.15) is 5.75 Å². The second-order valence-corrected chi connectivity index (χ2v) is 5.33. The first-order valence-corrected chi connectivity index (χ1v) is 7.09. The number of fused-ring (bicyclic) bond motifs is 1. The van der Waals surface area contributed by atoms with Crippen LogP contribution in [-0.2, 0) is 9.53 Å². The van der Waals surface area contributed by atoms with Crippen molar-refractivity contribution >= 4 is 11.8 Å². The van der Waals surface area contributed by atoms with Gasteiger partial charge >= 0.3 is 5.97 Å². The van der Waals surface area contributed by atoms with Crippen molar-refractivity contribution in [3.63, 3.8) is 0 Å². The lowest BCUT2D eigenvalue weighted by molar-refractivity contribution is -0.151. The number of ketones is 1. The van der Waals surface area contributed by atoms with Crippen LogP contribution in [0.2, 0.25) is 0 Å². The number of carbonyl (C=O) groups is 2. The van der Waals surface area contributed by atoms with Crippen LogP contribution in [0.5, 0.6) is 5.75 Å². The van der Waals surface area contributed by atoms with E-state index in [1.165, 1.54) is 13.2 Å². The Hall–Kier alpha value is -2.69. The maximum Gasteiger partial charge on any atom is 0.352 e. The lowest BCUT2D eigenvalue weighted by atomic mass is 9.83. The molecule has 1 aliphatic carbocycles. The number of benzene rings is 2. The number of esters is 1. The van der Waals surface area contributed by atoms with E-state index in [9.17, 15) is 9.59 Å². The van der Waals surface area contributed by atoms with Gasteiger partial charge in [-0.05, 0) is 23.3 Å². The molecule has 3 rings (SSSR count). The third kappa shape index (κ3) is 2.11. The van der Waals surface area contributed by atoms with Crippen LogP contribution in [0, 0.1) is 0 Å². The number of ether oxygens (including phenoxy) is 2. The van der Waals surface area contributed by atoms with Crippen molar-refractivity contribution < 1.29 is 23.5 Å². The zero-order chi connectivity index (χ0) is 16.6. The molecule has 23 heavy (non-hydrogen) atoms. The number of methoxy groups -OCH3 is 2. The normalized spacial score (nSPS) is 22.6. The molecule has 0 unspecified atom stereocenters. The van der Waals surface area contributed by atoms with E-state index in [4.69, 9.17) is 4.74 Å². The molecule has 0 radical (unpaired) electrons. The quantitative estimate of drug-likeness (QED) is 0.646. The van der Waals surface area contributed by atoms with E-state index in [0.717, 1.165) is 7.11 Å². The van der Waals surface area contributed by atoms with E-state index in [1.807, 2.05) is 0 Å². The van der Waals surface area contributed by atoms with Gasteiger partial charge in [0, 0.05) is 5.56 Å². The largest absolute Gasteiger partial charge is 0.497 e. The van der Waals surface area contributed by atoms with E-state index in [1.54, 1.807) is 42.5 Å². The Bertz CT molecular complexity index is 786. The van der Waals surface area contributed by atoms with Crippen molar-refractivity contribution in [3.8, 4) is 5.75 Å². The summed E-state index contributed by atoms with van der Waals surface area (Å²) in [5.74, 6) is -2.60. The molecule has 0 heterocycles. The lowest BCUT2D eigenvalue weighted by Crippen LogP contribution is -2.44. The molecule has 4 nitrogen and oxygen atoms in total. The highest BCUT2D eigenvalue weighted by molar-refractivity contribution is 6.20.